The first-order chi connectivity index (χ1) is 5.48. The Bertz CT molecular complexity index is 160. The summed E-state index contributed by atoms with van der Waals surface area (Å²) in [5, 5.41) is 0. The molecule has 0 bridgehead atoms. The molecule has 0 fully saturated rings. The van der Waals surface area contributed by atoms with Crippen molar-refractivity contribution in [2.45, 2.75) is 47.0 Å². The Hall–Kier alpha value is -0.590. The van der Waals surface area contributed by atoms with Crippen molar-refractivity contribution in [1.29, 1.82) is 0 Å². The summed E-state index contributed by atoms with van der Waals surface area (Å²) in [6, 6.07) is 0. The molecule has 0 aliphatic carbocycles. The van der Waals surface area contributed by atoms with Crippen molar-refractivity contribution < 1.29 is 4.79 Å². The predicted octanol–water partition coefficient (Wildman–Crippen LogP) is 3.35. The standard InChI is InChI=1S/C11H20O/c1-5-6-7-8-9-10(12)11(2,3)4/h8-9H,5-7H2,1-4H3/b9-8+. The molecule has 0 radical (unpaired) electrons. The van der Waals surface area contributed by atoms with E-state index in [1.54, 1.807) is 6.08 Å². The number of hydrogen-bond donors (Lipinski definition) is 0. The summed E-state index contributed by atoms with van der Waals surface area (Å²) < 4.78 is 0. The Kier molecular flexibility index (Phi) is 4.87. The monoisotopic (exact) mass is 168 g/mol. The smallest absolute Gasteiger partial charge is 0.160 e. The molecule has 0 heterocycles. The van der Waals surface area contributed by atoms with Gasteiger partial charge in [0.2, 0.25) is 0 Å². The van der Waals surface area contributed by atoms with Gasteiger partial charge in [0.05, 0.1) is 0 Å². The molecule has 0 saturated carbocycles. The second kappa shape index (κ2) is 5.13. The molecule has 12 heavy (non-hydrogen) atoms. The molecule has 0 N–H and O–H groups in total. The fraction of sp³-hybridized carbons (Fsp3) is 0.727. The average Bonchev–Trinajstić information content (AvgIpc) is 1.96. The predicted molar refractivity (Wildman–Crippen MR) is 53.1 cm³/mol. The van der Waals surface area contributed by atoms with Crippen LogP contribution in [0.15, 0.2) is 12.2 Å². The highest BCUT2D eigenvalue weighted by Crippen LogP contribution is 2.15. The molecule has 0 unspecified atom stereocenters. The number of carbonyl (C=O) groups excluding carboxylic acids is 1. The minimum atomic E-state index is -0.220. The molecule has 0 aromatic carbocycles. The van der Waals surface area contributed by atoms with Crippen LogP contribution in [0, 0.1) is 5.41 Å². The largest absolute Gasteiger partial charge is 0.294 e. The normalized spacial score (nSPS) is 12.3. The Morgan fingerprint density at radius 3 is 2.33 bits per heavy atom. The zero-order valence-corrected chi connectivity index (χ0v) is 8.68. The SMILES string of the molecule is CCCC/C=C/C(=O)C(C)(C)C. The lowest BCUT2D eigenvalue weighted by Crippen LogP contribution is -2.17. The molecule has 1 heteroatoms. The number of hydrogen-bond acceptors (Lipinski definition) is 1. The van der Waals surface area contributed by atoms with Crippen LogP contribution in [0.2, 0.25) is 0 Å². The number of allylic oxidation sites excluding steroid dienone is 2. The van der Waals surface area contributed by atoms with E-state index in [2.05, 4.69) is 6.92 Å². The fourth-order valence-corrected chi connectivity index (χ4v) is 0.762. The average molecular weight is 168 g/mol. The third-order valence-corrected chi connectivity index (χ3v) is 1.73. The topological polar surface area (TPSA) is 17.1 Å². The van der Waals surface area contributed by atoms with E-state index in [1.165, 1.54) is 12.8 Å². The zero-order valence-electron chi connectivity index (χ0n) is 8.68. The number of carbonyl (C=O) groups is 1. The Labute approximate surface area is 75.9 Å². The van der Waals surface area contributed by atoms with E-state index in [-0.39, 0.29) is 11.2 Å². The number of unbranched alkanes of at least 4 members (excludes halogenated alkanes) is 2. The molecule has 0 aromatic heterocycles. The van der Waals surface area contributed by atoms with Gasteiger partial charge < -0.3 is 0 Å². The van der Waals surface area contributed by atoms with Gasteiger partial charge in [0.1, 0.15) is 0 Å². The minimum absolute atomic E-state index is 0.220. The van der Waals surface area contributed by atoms with Crippen LogP contribution in [0.3, 0.4) is 0 Å². The molecule has 0 aliphatic heterocycles. The van der Waals surface area contributed by atoms with E-state index in [0.717, 1.165) is 6.42 Å². The van der Waals surface area contributed by atoms with Gasteiger partial charge in [-0.3, -0.25) is 4.79 Å². The molecule has 0 aromatic rings. The molecular formula is C11H20O. The van der Waals surface area contributed by atoms with Crippen molar-refractivity contribution in [2.24, 2.45) is 5.41 Å². The highest BCUT2D eigenvalue weighted by atomic mass is 16.1. The Morgan fingerprint density at radius 1 is 1.33 bits per heavy atom. The van der Waals surface area contributed by atoms with Gasteiger partial charge in [0, 0.05) is 5.41 Å². The van der Waals surface area contributed by atoms with Gasteiger partial charge in [-0.2, -0.15) is 0 Å². The molecule has 70 valence electrons. The van der Waals surface area contributed by atoms with Gasteiger partial charge in [-0.15, -0.1) is 0 Å². The summed E-state index contributed by atoms with van der Waals surface area (Å²) in [5.41, 5.74) is -0.220. The Morgan fingerprint density at radius 2 is 1.92 bits per heavy atom. The van der Waals surface area contributed by atoms with E-state index >= 15 is 0 Å². The molecule has 0 atom stereocenters. The van der Waals surface area contributed by atoms with Crippen molar-refractivity contribution in [3.63, 3.8) is 0 Å². The molecule has 0 aliphatic rings. The molecule has 0 saturated heterocycles. The van der Waals surface area contributed by atoms with Gasteiger partial charge in [-0.05, 0) is 12.5 Å². The van der Waals surface area contributed by atoms with Crippen LogP contribution in [0.4, 0.5) is 0 Å². The van der Waals surface area contributed by atoms with E-state index in [1.807, 2.05) is 26.8 Å². The van der Waals surface area contributed by atoms with Gasteiger partial charge in [0.25, 0.3) is 0 Å². The van der Waals surface area contributed by atoms with Gasteiger partial charge >= 0.3 is 0 Å². The molecule has 0 amide bonds. The first kappa shape index (κ1) is 11.4. The van der Waals surface area contributed by atoms with Gasteiger partial charge in [-0.25, -0.2) is 0 Å². The van der Waals surface area contributed by atoms with Crippen LogP contribution in [-0.4, -0.2) is 5.78 Å². The first-order valence-electron chi connectivity index (χ1n) is 4.69. The van der Waals surface area contributed by atoms with Crippen LogP contribution in [0.5, 0.6) is 0 Å². The summed E-state index contributed by atoms with van der Waals surface area (Å²) in [6.45, 7) is 7.98. The fourth-order valence-electron chi connectivity index (χ4n) is 0.762. The van der Waals surface area contributed by atoms with Crippen LogP contribution >= 0.6 is 0 Å². The summed E-state index contributed by atoms with van der Waals surface area (Å²) >= 11 is 0. The number of rotatable bonds is 4. The quantitative estimate of drug-likeness (QED) is 0.464. The lowest BCUT2D eigenvalue weighted by atomic mass is 9.90. The number of ketones is 1. The molecular weight excluding hydrogens is 148 g/mol. The molecule has 0 spiro atoms. The summed E-state index contributed by atoms with van der Waals surface area (Å²) in [4.78, 5) is 11.3. The first-order valence-corrected chi connectivity index (χ1v) is 4.69. The third kappa shape index (κ3) is 5.11. The Balaban J connectivity index is 3.77. The van der Waals surface area contributed by atoms with Crippen LogP contribution < -0.4 is 0 Å². The maximum atomic E-state index is 11.3. The van der Waals surface area contributed by atoms with Crippen molar-refractivity contribution in [3.8, 4) is 0 Å². The van der Waals surface area contributed by atoms with Crippen LogP contribution in [-0.2, 0) is 4.79 Å². The van der Waals surface area contributed by atoms with Gasteiger partial charge in [-0.1, -0.05) is 46.6 Å². The highest BCUT2D eigenvalue weighted by molar-refractivity contribution is 5.93. The maximum Gasteiger partial charge on any atom is 0.160 e. The molecule has 1 nitrogen and oxygen atoms in total. The lowest BCUT2D eigenvalue weighted by Gasteiger charge is -2.12. The second-order valence-electron chi connectivity index (χ2n) is 4.16. The third-order valence-electron chi connectivity index (χ3n) is 1.73. The lowest BCUT2D eigenvalue weighted by molar-refractivity contribution is -0.121. The van der Waals surface area contributed by atoms with Crippen molar-refractivity contribution >= 4 is 5.78 Å². The van der Waals surface area contributed by atoms with Crippen LogP contribution in [0.25, 0.3) is 0 Å². The molecule has 0 rings (SSSR count). The van der Waals surface area contributed by atoms with E-state index in [0.29, 0.717) is 0 Å². The maximum absolute atomic E-state index is 11.3. The zero-order chi connectivity index (χ0) is 9.61. The van der Waals surface area contributed by atoms with Crippen molar-refractivity contribution in [1.82, 2.24) is 0 Å². The summed E-state index contributed by atoms with van der Waals surface area (Å²) in [5.74, 6) is 0.221. The van der Waals surface area contributed by atoms with Crippen molar-refractivity contribution in [2.75, 3.05) is 0 Å². The minimum Gasteiger partial charge on any atom is -0.294 e. The van der Waals surface area contributed by atoms with E-state index in [9.17, 15) is 4.79 Å². The van der Waals surface area contributed by atoms with Crippen LogP contribution in [0.1, 0.15) is 47.0 Å². The summed E-state index contributed by atoms with van der Waals surface area (Å²) in [6.07, 6.45) is 7.09. The second-order valence-corrected chi connectivity index (χ2v) is 4.16. The summed E-state index contributed by atoms with van der Waals surface area (Å²) in [7, 11) is 0. The van der Waals surface area contributed by atoms with Crippen molar-refractivity contribution in [3.05, 3.63) is 12.2 Å². The van der Waals surface area contributed by atoms with E-state index < -0.39 is 0 Å². The highest BCUT2D eigenvalue weighted by Gasteiger charge is 2.17. The van der Waals surface area contributed by atoms with E-state index in [4.69, 9.17) is 0 Å². The van der Waals surface area contributed by atoms with Gasteiger partial charge in [0.15, 0.2) is 5.78 Å².